The number of methoxy groups -OCH3 is 1. The Labute approximate surface area is 151 Å². The molecule has 0 fully saturated rings. The Kier molecular flexibility index (Phi) is 4.99. The molecule has 3 aromatic rings. The quantitative estimate of drug-likeness (QED) is 0.769. The lowest BCUT2D eigenvalue weighted by atomic mass is 10.1. The van der Waals surface area contributed by atoms with Gasteiger partial charge in [0, 0.05) is 17.3 Å². The van der Waals surface area contributed by atoms with Gasteiger partial charge in [0.1, 0.15) is 11.8 Å². The number of hydrogen-bond donors (Lipinski definition) is 1. The van der Waals surface area contributed by atoms with Crippen molar-refractivity contribution in [2.24, 2.45) is 0 Å². The van der Waals surface area contributed by atoms with E-state index >= 15 is 0 Å². The zero-order valence-corrected chi connectivity index (χ0v) is 14.5. The number of hydrogen-bond acceptors (Lipinski definition) is 4. The normalized spacial score (nSPS) is 11.4. The minimum absolute atomic E-state index is 0.345. The third-order valence-corrected chi connectivity index (χ3v) is 4.03. The molecule has 1 amide bonds. The molecule has 6 nitrogen and oxygen atoms in total. The molecule has 1 aromatic heterocycles. The van der Waals surface area contributed by atoms with Crippen molar-refractivity contribution in [1.29, 1.82) is 5.26 Å². The van der Waals surface area contributed by atoms with E-state index in [0.29, 0.717) is 16.9 Å². The fraction of sp³-hybridized carbons (Fsp3) is 0.150. The van der Waals surface area contributed by atoms with E-state index in [1.165, 1.54) is 0 Å². The van der Waals surface area contributed by atoms with Crippen LogP contribution in [0.15, 0.2) is 60.9 Å². The van der Waals surface area contributed by atoms with Crippen molar-refractivity contribution in [3.05, 3.63) is 77.6 Å². The van der Waals surface area contributed by atoms with Gasteiger partial charge in [-0.1, -0.05) is 24.3 Å². The minimum Gasteiger partial charge on any atom is -0.496 e. The van der Waals surface area contributed by atoms with Gasteiger partial charge in [0.2, 0.25) is 0 Å². The fourth-order valence-corrected chi connectivity index (χ4v) is 2.57. The second kappa shape index (κ2) is 7.53. The SMILES string of the molecule is COc1cc(C(=O)N[C@H](C#N)c2cnn(-c3ccccc3)c2)ccc1C. The number of carbonyl (C=O) groups excluding carboxylic acids is 1. The topological polar surface area (TPSA) is 79.9 Å². The monoisotopic (exact) mass is 346 g/mol. The molecular weight excluding hydrogens is 328 g/mol. The number of rotatable bonds is 5. The van der Waals surface area contributed by atoms with Crippen LogP contribution in [0, 0.1) is 18.3 Å². The molecule has 1 heterocycles. The van der Waals surface area contributed by atoms with Gasteiger partial charge in [-0.15, -0.1) is 0 Å². The van der Waals surface area contributed by atoms with Gasteiger partial charge < -0.3 is 10.1 Å². The number of aromatic nitrogens is 2. The highest BCUT2D eigenvalue weighted by atomic mass is 16.5. The molecule has 0 unspecified atom stereocenters. The maximum absolute atomic E-state index is 12.5. The third-order valence-electron chi connectivity index (χ3n) is 4.03. The van der Waals surface area contributed by atoms with Crippen LogP contribution in [0.4, 0.5) is 0 Å². The molecule has 26 heavy (non-hydrogen) atoms. The first-order valence-electron chi connectivity index (χ1n) is 8.07. The van der Waals surface area contributed by atoms with E-state index in [9.17, 15) is 10.1 Å². The highest BCUT2D eigenvalue weighted by Crippen LogP contribution is 2.20. The van der Waals surface area contributed by atoms with Crippen molar-refractivity contribution in [1.82, 2.24) is 15.1 Å². The van der Waals surface area contributed by atoms with E-state index in [4.69, 9.17) is 4.74 Å². The molecule has 0 bridgehead atoms. The number of nitriles is 1. The van der Waals surface area contributed by atoms with Crippen molar-refractivity contribution < 1.29 is 9.53 Å². The largest absolute Gasteiger partial charge is 0.496 e. The van der Waals surface area contributed by atoms with Gasteiger partial charge in [0.25, 0.3) is 5.91 Å². The summed E-state index contributed by atoms with van der Waals surface area (Å²) in [6, 6.07) is 16.0. The Morgan fingerprint density at radius 3 is 2.73 bits per heavy atom. The lowest BCUT2D eigenvalue weighted by molar-refractivity contribution is 0.0945. The smallest absolute Gasteiger partial charge is 0.252 e. The summed E-state index contributed by atoms with van der Waals surface area (Å²) in [7, 11) is 1.56. The van der Waals surface area contributed by atoms with E-state index in [-0.39, 0.29) is 5.91 Å². The Bertz CT molecular complexity index is 957. The van der Waals surface area contributed by atoms with Crippen molar-refractivity contribution in [2.75, 3.05) is 7.11 Å². The van der Waals surface area contributed by atoms with Crippen LogP contribution >= 0.6 is 0 Å². The molecule has 1 N–H and O–H groups in total. The van der Waals surface area contributed by atoms with Gasteiger partial charge in [0.05, 0.1) is 25.1 Å². The van der Waals surface area contributed by atoms with Gasteiger partial charge in [-0.3, -0.25) is 4.79 Å². The molecule has 0 aliphatic rings. The minimum atomic E-state index is -0.799. The van der Waals surface area contributed by atoms with Gasteiger partial charge in [-0.25, -0.2) is 4.68 Å². The molecular formula is C20H18N4O2. The molecule has 3 rings (SSSR count). The predicted molar refractivity (Wildman–Crippen MR) is 97.1 cm³/mol. The molecule has 0 aliphatic carbocycles. The number of amides is 1. The summed E-state index contributed by atoms with van der Waals surface area (Å²) in [6.45, 7) is 1.90. The fourth-order valence-electron chi connectivity index (χ4n) is 2.57. The lowest BCUT2D eigenvalue weighted by Crippen LogP contribution is -2.27. The molecule has 0 radical (unpaired) electrons. The average molecular weight is 346 g/mol. The summed E-state index contributed by atoms with van der Waals surface area (Å²) < 4.78 is 6.91. The maximum Gasteiger partial charge on any atom is 0.252 e. The van der Waals surface area contributed by atoms with Crippen molar-refractivity contribution in [3.63, 3.8) is 0 Å². The maximum atomic E-state index is 12.5. The van der Waals surface area contributed by atoms with Crippen molar-refractivity contribution in [3.8, 4) is 17.5 Å². The van der Waals surface area contributed by atoms with Crippen LogP contribution < -0.4 is 10.1 Å². The number of benzene rings is 2. The number of aryl methyl sites for hydroxylation is 1. The summed E-state index contributed by atoms with van der Waals surface area (Å²) in [5.74, 6) is 0.283. The Balaban J connectivity index is 1.79. The van der Waals surface area contributed by atoms with E-state index in [2.05, 4.69) is 16.5 Å². The zero-order chi connectivity index (χ0) is 18.5. The highest BCUT2D eigenvalue weighted by molar-refractivity contribution is 5.95. The molecule has 0 spiro atoms. The summed E-state index contributed by atoms with van der Waals surface area (Å²) in [5.41, 5.74) is 2.86. The van der Waals surface area contributed by atoms with Crippen LogP contribution in [-0.4, -0.2) is 22.8 Å². The van der Waals surface area contributed by atoms with Crippen LogP contribution in [-0.2, 0) is 0 Å². The summed E-state index contributed by atoms with van der Waals surface area (Å²) in [5, 5.41) is 16.5. The Morgan fingerprint density at radius 2 is 2.04 bits per heavy atom. The van der Waals surface area contributed by atoms with E-state index < -0.39 is 6.04 Å². The van der Waals surface area contributed by atoms with Crippen molar-refractivity contribution in [2.45, 2.75) is 13.0 Å². The Morgan fingerprint density at radius 1 is 1.27 bits per heavy atom. The molecule has 130 valence electrons. The zero-order valence-electron chi connectivity index (χ0n) is 14.5. The summed E-state index contributed by atoms with van der Waals surface area (Å²) in [6.07, 6.45) is 3.32. The molecule has 2 aromatic carbocycles. The lowest BCUT2D eigenvalue weighted by Gasteiger charge is -2.11. The second-order valence-corrected chi connectivity index (χ2v) is 5.77. The highest BCUT2D eigenvalue weighted by Gasteiger charge is 2.18. The van der Waals surface area contributed by atoms with E-state index in [1.54, 1.807) is 36.3 Å². The first-order chi connectivity index (χ1) is 12.6. The second-order valence-electron chi connectivity index (χ2n) is 5.77. The van der Waals surface area contributed by atoms with Crippen LogP contribution in [0.1, 0.15) is 27.5 Å². The van der Waals surface area contributed by atoms with Gasteiger partial charge in [-0.05, 0) is 36.8 Å². The van der Waals surface area contributed by atoms with E-state index in [1.807, 2.05) is 43.3 Å². The first-order valence-corrected chi connectivity index (χ1v) is 8.07. The summed E-state index contributed by atoms with van der Waals surface area (Å²) in [4.78, 5) is 12.5. The van der Waals surface area contributed by atoms with Crippen LogP contribution in [0.5, 0.6) is 5.75 Å². The molecule has 0 aliphatic heterocycles. The van der Waals surface area contributed by atoms with E-state index in [0.717, 1.165) is 11.3 Å². The van der Waals surface area contributed by atoms with Gasteiger partial charge in [-0.2, -0.15) is 10.4 Å². The van der Waals surface area contributed by atoms with Gasteiger partial charge >= 0.3 is 0 Å². The Hall–Kier alpha value is -3.59. The van der Waals surface area contributed by atoms with Crippen LogP contribution in [0.25, 0.3) is 5.69 Å². The molecule has 1 atom stereocenters. The van der Waals surface area contributed by atoms with Crippen LogP contribution in [0.3, 0.4) is 0 Å². The average Bonchev–Trinajstić information content (AvgIpc) is 3.17. The summed E-state index contributed by atoms with van der Waals surface area (Å²) >= 11 is 0. The molecule has 6 heteroatoms. The number of para-hydroxylation sites is 1. The number of ether oxygens (including phenoxy) is 1. The van der Waals surface area contributed by atoms with Crippen LogP contribution in [0.2, 0.25) is 0 Å². The standard InChI is InChI=1S/C20H18N4O2/c1-14-8-9-15(10-19(14)26-2)20(25)23-18(11-21)16-12-22-24(13-16)17-6-4-3-5-7-17/h3-10,12-13,18H,1-2H3,(H,23,25)/t18-/m1/s1. The number of nitrogens with one attached hydrogen (secondary N) is 1. The predicted octanol–water partition coefficient (Wildman–Crippen LogP) is 3.18. The first kappa shape index (κ1) is 17.2. The van der Waals surface area contributed by atoms with Gasteiger partial charge in [0.15, 0.2) is 0 Å². The number of carbonyl (C=O) groups is 1. The molecule has 0 saturated heterocycles. The van der Waals surface area contributed by atoms with Crippen molar-refractivity contribution >= 4 is 5.91 Å². The molecule has 0 saturated carbocycles. The number of nitrogens with zero attached hydrogens (tertiary/aromatic N) is 3. The third kappa shape index (κ3) is 3.57.